The van der Waals surface area contributed by atoms with E-state index in [4.69, 9.17) is 0 Å². The Morgan fingerprint density at radius 1 is 1.36 bits per heavy atom. The van der Waals surface area contributed by atoms with Crippen LogP contribution in [0.4, 0.5) is 4.39 Å². The van der Waals surface area contributed by atoms with Crippen molar-refractivity contribution in [3.05, 3.63) is 12.7 Å². The van der Waals surface area contributed by atoms with Crippen LogP contribution in [0.15, 0.2) is 12.7 Å². The van der Waals surface area contributed by atoms with Gasteiger partial charge in [0.1, 0.15) is 5.67 Å². The molecule has 0 nitrogen and oxygen atoms in total. The molecule has 0 rings (SSSR count). The van der Waals surface area contributed by atoms with Crippen LogP contribution in [0.3, 0.4) is 0 Å². The van der Waals surface area contributed by atoms with Gasteiger partial charge in [0.05, 0.1) is 0 Å². The Morgan fingerprint density at radius 3 is 2.45 bits per heavy atom. The lowest BCUT2D eigenvalue weighted by molar-refractivity contribution is 0.233. The zero-order chi connectivity index (χ0) is 8.74. The van der Waals surface area contributed by atoms with Gasteiger partial charge in [-0.2, -0.15) is 0 Å². The smallest absolute Gasteiger partial charge is 0.126 e. The molecular weight excluding hydrogens is 139 g/mol. The van der Waals surface area contributed by atoms with Crippen LogP contribution in [0.1, 0.15) is 46.0 Å². The third-order valence-electron chi connectivity index (χ3n) is 1.94. The van der Waals surface area contributed by atoms with Gasteiger partial charge in [-0.15, -0.1) is 0 Å². The minimum absolute atomic E-state index is 0.622. The number of rotatable bonds is 6. The Hall–Kier alpha value is -0.330. The van der Waals surface area contributed by atoms with Gasteiger partial charge in [0.25, 0.3) is 0 Å². The maximum absolute atomic E-state index is 13.1. The highest BCUT2D eigenvalue weighted by molar-refractivity contribution is 4.91. The number of allylic oxidation sites excluding steroid dienone is 1. The van der Waals surface area contributed by atoms with Crippen molar-refractivity contribution >= 4 is 0 Å². The van der Waals surface area contributed by atoms with Gasteiger partial charge < -0.3 is 0 Å². The van der Waals surface area contributed by atoms with Crippen molar-refractivity contribution in [2.75, 3.05) is 0 Å². The van der Waals surface area contributed by atoms with E-state index in [1.54, 1.807) is 6.92 Å². The second-order valence-corrected chi connectivity index (χ2v) is 3.29. The average molecular weight is 158 g/mol. The molecule has 0 saturated carbocycles. The summed E-state index contributed by atoms with van der Waals surface area (Å²) < 4.78 is 13.1. The number of alkyl halides is 1. The van der Waals surface area contributed by atoms with Crippen LogP contribution < -0.4 is 0 Å². The molecule has 0 aliphatic rings. The SMILES string of the molecule is C=CC(C)(F)CCCCCC. The zero-order valence-corrected chi connectivity index (χ0v) is 7.70. The van der Waals surface area contributed by atoms with Crippen molar-refractivity contribution in [2.24, 2.45) is 0 Å². The summed E-state index contributed by atoms with van der Waals surface area (Å²) in [6, 6.07) is 0. The van der Waals surface area contributed by atoms with Gasteiger partial charge in [-0.25, -0.2) is 4.39 Å². The highest BCUT2D eigenvalue weighted by Gasteiger charge is 2.16. The van der Waals surface area contributed by atoms with Crippen molar-refractivity contribution < 1.29 is 4.39 Å². The second-order valence-electron chi connectivity index (χ2n) is 3.29. The summed E-state index contributed by atoms with van der Waals surface area (Å²) in [7, 11) is 0. The standard InChI is InChI=1S/C10H19F/c1-4-6-7-8-9-10(3,11)5-2/h5H,2,4,6-9H2,1,3H3. The highest BCUT2D eigenvalue weighted by Crippen LogP contribution is 2.20. The summed E-state index contributed by atoms with van der Waals surface area (Å²) >= 11 is 0. The van der Waals surface area contributed by atoms with Crippen molar-refractivity contribution in [2.45, 2.75) is 51.6 Å². The van der Waals surface area contributed by atoms with Crippen molar-refractivity contribution in [3.8, 4) is 0 Å². The first-order chi connectivity index (χ1) is 5.12. The van der Waals surface area contributed by atoms with Crippen LogP contribution in [-0.2, 0) is 0 Å². The Morgan fingerprint density at radius 2 is 2.00 bits per heavy atom. The number of hydrogen-bond donors (Lipinski definition) is 0. The molecule has 66 valence electrons. The van der Waals surface area contributed by atoms with E-state index in [9.17, 15) is 4.39 Å². The first-order valence-corrected chi connectivity index (χ1v) is 4.45. The zero-order valence-electron chi connectivity index (χ0n) is 7.70. The monoisotopic (exact) mass is 158 g/mol. The van der Waals surface area contributed by atoms with Crippen LogP contribution in [0, 0.1) is 0 Å². The lowest BCUT2D eigenvalue weighted by atomic mass is 10.0. The van der Waals surface area contributed by atoms with E-state index >= 15 is 0 Å². The van der Waals surface area contributed by atoms with Crippen molar-refractivity contribution in [3.63, 3.8) is 0 Å². The molecule has 0 saturated heterocycles. The maximum atomic E-state index is 13.1. The van der Waals surface area contributed by atoms with Crippen molar-refractivity contribution in [1.82, 2.24) is 0 Å². The normalized spacial score (nSPS) is 15.9. The van der Waals surface area contributed by atoms with Crippen LogP contribution in [0.5, 0.6) is 0 Å². The Balaban J connectivity index is 3.30. The molecular formula is C10H19F. The molecule has 0 bridgehead atoms. The molecule has 0 aliphatic heterocycles. The first kappa shape index (κ1) is 10.7. The van der Waals surface area contributed by atoms with Crippen LogP contribution in [-0.4, -0.2) is 5.67 Å². The molecule has 0 N–H and O–H groups in total. The molecule has 0 fully saturated rings. The van der Waals surface area contributed by atoms with E-state index in [0.29, 0.717) is 6.42 Å². The molecule has 0 aromatic carbocycles. The van der Waals surface area contributed by atoms with E-state index in [-0.39, 0.29) is 0 Å². The number of unbranched alkanes of at least 4 members (excludes halogenated alkanes) is 3. The fraction of sp³-hybridized carbons (Fsp3) is 0.800. The Labute approximate surface area is 69.5 Å². The Bertz CT molecular complexity index is 105. The molecule has 0 aromatic rings. The molecule has 1 unspecified atom stereocenters. The largest absolute Gasteiger partial charge is 0.240 e. The topological polar surface area (TPSA) is 0 Å². The minimum Gasteiger partial charge on any atom is -0.240 e. The fourth-order valence-corrected chi connectivity index (χ4v) is 0.999. The fourth-order valence-electron chi connectivity index (χ4n) is 0.999. The predicted molar refractivity (Wildman–Crippen MR) is 48.5 cm³/mol. The summed E-state index contributed by atoms with van der Waals surface area (Å²) in [5.41, 5.74) is -1.15. The molecule has 0 heterocycles. The molecule has 1 heteroatoms. The van der Waals surface area contributed by atoms with Gasteiger partial charge in [0, 0.05) is 0 Å². The molecule has 1 atom stereocenters. The molecule has 0 aliphatic carbocycles. The van der Waals surface area contributed by atoms with E-state index in [1.165, 1.54) is 18.9 Å². The third-order valence-corrected chi connectivity index (χ3v) is 1.94. The molecule has 0 amide bonds. The van der Waals surface area contributed by atoms with Gasteiger partial charge in [-0.1, -0.05) is 38.8 Å². The van der Waals surface area contributed by atoms with E-state index in [2.05, 4.69) is 13.5 Å². The number of hydrogen-bond acceptors (Lipinski definition) is 0. The first-order valence-electron chi connectivity index (χ1n) is 4.45. The lowest BCUT2D eigenvalue weighted by Gasteiger charge is -2.14. The van der Waals surface area contributed by atoms with Crippen molar-refractivity contribution in [1.29, 1.82) is 0 Å². The minimum atomic E-state index is -1.15. The Kier molecular flexibility index (Phi) is 5.18. The van der Waals surface area contributed by atoms with E-state index in [0.717, 1.165) is 12.8 Å². The third kappa shape index (κ3) is 6.08. The summed E-state index contributed by atoms with van der Waals surface area (Å²) in [4.78, 5) is 0. The highest BCUT2D eigenvalue weighted by atomic mass is 19.1. The van der Waals surface area contributed by atoms with Gasteiger partial charge in [0.15, 0.2) is 0 Å². The van der Waals surface area contributed by atoms with Gasteiger partial charge >= 0.3 is 0 Å². The van der Waals surface area contributed by atoms with Gasteiger partial charge in [0.2, 0.25) is 0 Å². The average Bonchev–Trinajstić information content (AvgIpc) is 1.99. The second kappa shape index (κ2) is 5.34. The van der Waals surface area contributed by atoms with E-state index in [1.807, 2.05) is 0 Å². The maximum Gasteiger partial charge on any atom is 0.126 e. The molecule has 11 heavy (non-hydrogen) atoms. The molecule has 0 aromatic heterocycles. The predicted octanol–water partition coefficient (Wildman–Crippen LogP) is 3.87. The summed E-state index contributed by atoms with van der Waals surface area (Å²) in [5, 5.41) is 0. The quantitative estimate of drug-likeness (QED) is 0.406. The van der Waals surface area contributed by atoms with Crippen LogP contribution in [0.2, 0.25) is 0 Å². The van der Waals surface area contributed by atoms with E-state index < -0.39 is 5.67 Å². The number of halogens is 1. The molecule has 0 radical (unpaired) electrons. The summed E-state index contributed by atoms with van der Waals surface area (Å²) in [6.45, 7) is 7.20. The summed E-state index contributed by atoms with van der Waals surface area (Å²) in [6.07, 6.45) is 6.57. The van der Waals surface area contributed by atoms with Gasteiger partial charge in [-0.3, -0.25) is 0 Å². The lowest BCUT2D eigenvalue weighted by Crippen LogP contribution is -2.12. The summed E-state index contributed by atoms with van der Waals surface area (Å²) in [5.74, 6) is 0. The molecule has 0 spiro atoms. The van der Waals surface area contributed by atoms with Gasteiger partial charge in [-0.05, 0) is 19.8 Å². The van der Waals surface area contributed by atoms with Crippen LogP contribution >= 0.6 is 0 Å². The van der Waals surface area contributed by atoms with Crippen LogP contribution in [0.25, 0.3) is 0 Å².